The molecule has 0 aliphatic carbocycles. The number of ether oxygens (including phenoxy) is 1. The molecule has 4 nitrogen and oxygen atoms in total. The van der Waals surface area contributed by atoms with Crippen molar-refractivity contribution in [3.63, 3.8) is 0 Å². The Kier molecular flexibility index (Phi) is 2.35. The first-order chi connectivity index (χ1) is 6.36. The van der Waals surface area contributed by atoms with E-state index >= 15 is 0 Å². The van der Waals surface area contributed by atoms with Crippen molar-refractivity contribution in [1.29, 1.82) is 0 Å². The quantitative estimate of drug-likeness (QED) is 0.633. The van der Waals surface area contributed by atoms with Gasteiger partial charge in [0.05, 0.1) is 25.6 Å². The van der Waals surface area contributed by atoms with Crippen LogP contribution >= 0.6 is 0 Å². The van der Waals surface area contributed by atoms with Gasteiger partial charge >= 0.3 is 0 Å². The number of halogens is 1. The summed E-state index contributed by atoms with van der Waals surface area (Å²) >= 11 is 0. The van der Waals surface area contributed by atoms with Crippen molar-refractivity contribution in [2.75, 3.05) is 31.2 Å². The molecular formula is C8H10FN3O. The summed E-state index contributed by atoms with van der Waals surface area (Å²) in [5, 5.41) is 0. The molecule has 2 rings (SSSR count). The van der Waals surface area contributed by atoms with Crippen LogP contribution in [0.4, 0.5) is 10.3 Å². The number of hydrogen-bond acceptors (Lipinski definition) is 4. The van der Waals surface area contributed by atoms with E-state index in [4.69, 9.17) is 4.74 Å². The molecule has 0 amide bonds. The highest BCUT2D eigenvalue weighted by molar-refractivity contribution is 5.28. The van der Waals surface area contributed by atoms with Crippen LogP contribution in [0.2, 0.25) is 0 Å². The van der Waals surface area contributed by atoms with Gasteiger partial charge in [0.15, 0.2) is 5.82 Å². The summed E-state index contributed by atoms with van der Waals surface area (Å²) in [5.74, 6) is 0.168. The molecule has 0 bridgehead atoms. The molecule has 1 fully saturated rings. The van der Waals surface area contributed by atoms with E-state index in [9.17, 15) is 4.39 Å². The molecule has 1 saturated heterocycles. The first-order valence-corrected chi connectivity index (χ1v) is 4.16. The largest absolute Gasteiger partial charge is 0.378 e. The summed E-state index contributed by atoms with van der Waals surface area (Å²) in [7, 11) is 0. The van der Waals surface area contributed by atoms with Crippen molar-refractivity contribution in [2.45, 2.75) is 0 Å². The predicted octanol–water partition coefficient (Wildman–Crippen LogP) is 0.452. The molecule has 1 aromatic heterocycles. The fraction of sp³-hybridized carbons (Fsp3) is 0.500. The Hall–Kier alpha value is -1.23. The smallest absolute Gasteiger partial charge is 0.225 e. The molecule has 0 atom stereocenters. The molecule has 0 spiro atoms. The van der Waals surface area contributed by atoms with Crippen LogP contribution in [0.1, 0.15) is 0 Å². The van der Waals surface area contributed by atoms with E-state index in [1.54, 1.807) is 0 Å². The van der Waals surface area contributed by atoms with E-state index in [2.05, 4.69) is 9.97 Å². The van der Waals surface area contributed by atoms with Crippen LogP contribution in [0.3, 0.4) is 0 Å². The normalized spacial score (nSPS) is 17.5. The highest BCUT2D eigenvalue weighted by atomic mass is 19.1. The third kappa shape index (κ3) is 1.92. The Balaban J connectivity index is 2.10. The summed E-state index contributed by atoms with van der Waals surface area (Å²) in [4.78, 5) is 9.75. The van der Waals surface area contributed by atoms with E-state index in [0.29, 0.717) is 19.2 Å². The molecule has 1 aliphatic heterocycles. The van der Waals surface area contributed by atoms with Gasteiger partial charge in [-0.25, -0.2) is 14.4 Å². The molecule has 0 N–H and O–H groups in total. The van der Waals surface area contributed by atoms with Crippen molar-refractivity contribution in [3.05, 3.63) is 18.2 Å². The Labute approximate surface area is 75.4 Å². The van der Waals surface area contributed by atoms with Crippen LogP contribution in [0.5, 0.6) is 0 Å². The second-order valence-electron chi connectivity index (χ2n) is 2.80. The van der Waals surface area contributed by atoms with Gasteiger partial charge in [-0.05, 0) is 0 Å². The van der Waals surface area contributed by atoms with Crippen LogP contribution in [-0.4, -0.2) is 36.3 Å². The predicted molar refractivity (Wildman–Crippen MR) is 45.0 cm³/mol. The lowest BCUT2D eigenvalue weighted by Gasteiger charge is -2.26. The molecule has 70 valence electrons. The Morgan fingerprint density at radius 3 is 2.46 bits per heavy atom. The molecule has 1 aromatic rings. The summed E-state index contributed by atoms with van der Waals surface area (Å²) in [5.41, 5.74) is 0. The number of anilines is 1. The third-order valence-corrected chi connectivity index (χ3v) is 1.90. The zero-order valence-corrected chi connectivity index (χ0v) is 7.11. The van der Waals surface area contributed by atoms with Crippen molar-refractivity contribution < 1.29 is 9.13 Å². The lowest BCUT2D eigenvalue weighted by atomic mass is 10.4. The molecule has 0 unspecified atom stereocenters. The van der Waals surface area contributed by atoms with Crippen molar-refractivity contribution in [3.8, 4) is 0 Å². The third-order valence-electron chi connectivity index (χ3n) is 1.90. The van der Waals surface area contributed by atoms with Crippen molar-refractivity contribution in [1.82, 2.24) is 9.97 Å². The first-order valence-electron chi connectivity index (χ1n) is 4.16. The van der Waals surface area contributed by atoms with Gasteiger partial charge in [-0.15, -0.1) is 0 Å². The summed E-state index contributed by atoms with van der Waals surface area (Å²) in [6.07, 6.45) is 2.36. The van der Waals surface area contributed by atoms with Gasteiger partial charge < -0.3 is 9.64 Å². The van der Waals surface area contributed by atoms with Crippen LogP contribution < -0.4 is 4.90 Å². The van der Waals surface area contributed by atoms with E-state index in [1.807, 2.05) is 4.90 Å². The number of hydrogen-bond donors (Lipinski definition) is 0. The maximum Gasteiger partial charge on any atom is 0.225 e. The standard InChI is InChI=1S/C8H10FN3O/c9-7-5-10-8(11-6-7)12-1-3-13-4-2-12/h5-6H,1-4H2. The Morgan fingerprint density at radius 2 is 1.85 bits per heavy atom. The minimum Gasteiger partial charge on any atom is -0.378 e. The minimum atomic E-state index is -0.406. The number of aromatic nitrogens is 2. The molecule has 0 saturated carbocycles. The van der Waals surface area contributed by atoms with Crippen LogP contribution in [0, 0.1) is 5.82 Å². The molecule has 0 aromatic carbocycles. The second-order valence-corrected chi connectivity index (χ2v) is 2.80. The summed E-state index contributed by atoms with van der Waals surface area (Å²) in [6.45, 7) is 2.90. The SMILES string of the molecule is Fc1cnc(N2CCOCC2)nc1. The topological polar surface area (TPSA) is 38.2 Å². The first kappa shape index (κ1) is 8.37. The maximum absolute atomic E-state index is 12.5. The second kappa shape index (κ2) is 3.66. The van der Waals surface area contributed by atoms with Gasteiger partial charge in [-0.1, -0.05) is 0 Å². The number of morpholine rings is 1. The summed E-state index contributed by atoms with van der Waals surface area (Å²) < 4.78 is 17.7. The molecule has 13 heavy (non-hydrogen) atoms. The molecule has 0 radical (unpaired) electrons. The van der Waals surface area contributed by atoms with E-state index in [1.165, 1.54) is 12.4 Å². The van der Waals surface area contributed by atoms with Gasteiger partial charge in [0.1, 0.15) is 0 Å². The van der Waals surface area contributed by atoms with E-state index in [-0.39, 0.29) is 0 Å². The van der Waals surface area contributed by atoms with Crippen LogP contribution in [-0.2, 0) is 4.74 Å². The Bertz CT molecular complexity index is 271. The van der Waals surface area contributed by atoms with Gasteiger partial charge in [0, 0.05) is 13.1 Å². The average molecular weight is 183 g/mol. The monoisotopic (exact) mass is 183 g/mol. The van der Waals surface area contributed by atoms with Crippen molar-refractivity contribution >= 4 is 5.95 Å². The molecule has 2 heterocycles. The fourth-order valence-electron chi connectivity index (χ4n) is 1.23. The zero-order valence-electron chi connectivity index (χ0n) is 7.11. The maximum atomic E-state index is 12.5. The van der Waals surface area contributed by atoms with Crippen molar-refractivity contribution in [2.24, 2.45) is 0 Å². The lowest BCUT2D eigenvalue weighted by molar-refractivity contribution is 0.122. The highest BCUT2D eigenvalue weighted by Gasteiger charge is 2.12. The zero-order chi connectivity index (χ0) is 9.10. The average Bonchev–Trinajstić information content (AvgIpc) is 2.20. The number of nitrogens with zero attached hydrogens (tertiary/aromatic N) is 3. The summed E-state index contributed by atoms with van der Waals surface area (Å²) in [6, 6.07) is 0. The van der Waals surface area contributed by atoms with Gasteiger partial charge in [-0.2, -0.15) is 0 Å². The van der Waals surface area contributed by atoms with Crippen LogP contribution in [0.25, 0.3) is 0 Å². The fourth-order valence-corrected chi connectivity index (χ4v) is 1.23. The Morgan fingerprint density at radius 1 is 1.23 bits per heavy atom. The number of rotatable bonds is 1. The van der Waals surface area contributed by atoms with Gasteiger partial charge in [0.2, 0.25) is 5.95 Å². The van der Waals surface area contributed by atoms with Gasteiger partial charge in [-0.3, -0.25) is 0 Å². The van der Waals surface area contributed by atoms with Gasteiger partial charge in [0.25, 0.3) is 0 Å². The molecular weight excluding hydrogens is 173 g/mol. The lowest BCUT2D eigenvalue weighted by Crippen LogP contribution is -2.37. The van der Waals surface area contributed by atoms with E-state index in [0.717, 1.165) is 13.1 Å². The van der Waals surface area contributed by atoms with E-state index < -0.39 is 5.82 Å². The van der Waals surface area contributed by atoms with Crippen LogP contribution in [0.15, 0.2) is 12.4 Å². The molecule has 5 heteroatoms. The minimum absolute atomic E-state index is 0.406. The highest BCUT2D eigenvalue weighted by Crippen LogP contribution is 2.08. The molecule has 1 aliphatic rings.